The number of fused-ring (bicyclic) bond motifs is 1. The Morgan fingerprint density at radius 3 is 2.67 bits per heavy atom. The van der Waals surface area contributed by atoms with Crippen molar-refractivity contribution in [1.82, 2.24) is 9.80 Å². The molecule has 2 aliphatic heterocycles. The molecule has 1 saturated carbocycles. The maximum atomic E-state index is 11.9. The Bertz CT molecular complexity index is 328. The van der Waals surface area contributed by atoms with Gasteiger partial charge in [0.1, 0.15) is 6.10 Å². The molecule has 0 aromatic carbocycles. The molecule has 0 unspecified atom stereocenters. The fourth-order valence-electron chi connectivity index (χ4n) is 3.34. The van der Waals surface area contributed by atoms with Crippen LogP contribution in [0.4, 0.5) is 0 Å². The molecule has 1 aliphatic carbocycles. The molecule has 0 aromatic heterocycles. The topological polar surface area (TPSA) is 32.8 Å². The molecule has 4 nitrogen and oxygen atoms in total. The minimum atomic E-state index is -0.192. The molecule has 102 valence electrons. The standard InChI is InChI=1S/C14H24N2O2/c1-15(2)14(17)13-6-5-11-12(18-13)7-8-16(11)9-10-3-4-10/h10-13H,3-9H2,1-2H3/t11-,12-,13-/m0/s1. The highest BCUT2D eigenvalue weighted by atomic mass is 16.5. The van der Waals surface area contributed by atoms with Gasteiger partial charge in [-0.3, -0.25) is 9.69 Å². The summed E-state index contributed by atoms with van der Waals surface area (Å²) in [6.07, 6.45) is 6.05. The predicted octanol–water partition coefficient (Wildman–Crippen LogP) is 1.11. The SMILES string of the molecule is CN(C)C(=O)[C@@H]1CC[C@H]2[C@H](CCN2CC2CC2)O1. The van der Waals surface area contributed by atoms with Gasteiger partial charge in [0.2, 0.25) is 0 Å². The molecule has 2 heterocycles. The monoisotopic (exact) mass is 252 g/mol. The lowest BCUT2D eigenvalue weighted by atomic mass is 9.98. The maximum absolute atomic E-state index is 11.9. The van der Waals surface area contributed by atoms with Crippen LogP contribution in [0.5, 0.6) is 0 Å². The van der Waals surface area contributed by atoms with Crippen molar-refractivity contribution >= 4 is 5.91 Å². The fraction of sp³-hybridized carbons (Fsp3) is 0.929. The molecule has 3 aliphatic rings. The molecular formula is C14H24N2O2. The van der Waals surface area contributed by atoms with Gasteiger partial charge in [0, 0.05) is 33.2 Å². The second kappa shape index (κ2) is 4.82. The molecule has 3 rings (SSSR count). The molecule has 0 spiro atoms. The highest BCUT2D eigenvalue weighted by Crippen LogP contribution is 2.36. The second-order valence-corrected chi connectivity index (χ2v) is 6.27. The molecule has 4 heteroatoms. The van der Waals surface area contributed by atoms with Gasteiger partial charge in [-0.2, -0.15) is 0 Å². The summed E-state index contributed by atoms with van der Waals surface area (Å²) in [6, 6.07) is 0.580. The lowest BCUT2D eigenvalue weighted by Gasteiger charge is -2.36. The van der Waals surface area contributed by atoms with Gasteiger partial charge in [-0.1, -0.05) is 0 Å². The summed E-state index contributed by atoms with van der Waals surface area (Å²) < 4.78 is 6.03. The van der Waals surface area contributed by atoms with Crippen LogP contribution in [0.3, 0.4) is 0 Å². The van der Waals surface area contributed by atoms with Crippen molar-refractivity contribution in [3.05, 3.63) is 0 Å². The summed E-state index contributed by atoms with van der Waals surface area (Å²) >= 11 is 0. The van der Waals surface area contributed by atoms with Crippen LogP contribution in [0.1, 0.15) is 32.1 Å². The van der Waals surface area contributed by atoms with Crippen LogP contribution in [-0.4, -0.2) is 61.1 Å². The Balaban J connectivity index is 1.57. The van der Waals surface area contributed by atoms with Gasteiger partial charge in [-0.25, -0.2) is 0 Å². The van der Waals surface area contributed by atoms with E-state index >= 15 is 0 Å². The van der Waals surface area contributed by atoms with E-state index < -0.39 is 0 Å². The highest BCUT2D eigenvalue weighted by molar-refractivity contribution is 5.80. The van der Waals surface area contributed by atoms with Crippen molar-refractivity contribution in [3.8, 4) is 0 Å². The summed E-state index contributed by atoms with van der Waals surface area (Å²) in [4.78, 5) is 16.2. The molecule has 0 aromatic rings. The Labute approximate surface area is 109 Å². The highest BCUT2D eigenvalue weighted by Gasteiger charge is 2.43. The first kappa shape index (κ1) is 12.4. The molecule has 0 N–H and O–H groups in total. The third kappa shape index (κ3) is 2.41. The molecule has 3 fully saturated rings. The van der Waals surface area contributed by atoms with Crippen molar-refractivity contribution < 1.29 is 9.53 Å². The average molecular weight is 252 g/mol. The third-order valence-electron chi connectivity index (χ3n) is 4.57. The first-order valence-corrected chi connectivity index (χ1v) is 7.26. The first-order valence-electron chi connectivity index (χ1n) is 7.26. The summed E-state index contributed by atoms with van der Waals surface area (Å²) in [5.41, 5.74) is 0. The summed E-state index contributed by atoms with van der Waals surface area (Å²) in [6.45, 7) is 2.42. The number of carbonyl (C=O) groups excluding carboxylic acids is 1. The lowest BCUT2D eigenvalue weighted by Crippen LogP contribution is -2.47. The van der Waals surface area contributed by atoms with Crippen molar-refractivity contribution in [2.24, 2.45) is 5.92 Å². The van der Waals surface area contributed by atoms with Crippen LogP contribution in [0.15, 0.2) is 0 Å². The largest absolute Gasteiger partial charge is 0.363 e. The fourth-order valence-corrected chi connectivity index (χ4v) is 3.34. The number of amides is 1. The van der Waals surface area contributed by atoms with Gasteiger partial charge >= 0.3 is 0 Å². The number of ether oxygens (including phenoxy) is 1. The van der Waals surface area contributed by atoms with E-state index in [1.54, 1.807) is 4.90 Å². The Hall–Kier alpha value is -0.610. The number of likely N-dealkylation sites (tertiary alicyclic amines) is 1. The van der Waals surface area contributed by atoms with Crippen LogP contribution in [-0.2, 0) is 9.53 Å². The zero-order valence-corrected chi connectivity index (χ0v) is 11.5. The minimum absolute atomic E-state index is 0.133. The number of likely N-dealkylation sites (N-methyl/N-ethyl adjacent to an activating group) is 1. The Morgan fingerprint density at radius 2 is 2.00 bits per heavy atom. The molecular weight excluding hydrogens is 228 g/mol. The Kier molecular flexibility index (Phi) is 3.32. The van der Waals surface area contributed by atoms with Crippen molar-refractivity contribution in [1.29, 1.82) is 0 Å². The van der Waals surface area contributed by atoms with Crippen LogP contribution in [0, 0.1) is 5.92 Å². The van der Waals surface area contributed by atoms with Gasteiger partial charge in [0.25, 0.3) is 5.91 Å². The number of hydrogen-bond acceptors (Lipinski definition) is 3. The van der Waals surface area contributed by atoms with E-state index in [1.807, 2.05) is 14.1 Å². The van der Waals surface area contributed by atoms with Gasteiger partial charge in [-0.05, 0) is 38.0 Å². The summed E-state index contributed by atoms with van der Waals surface area (Å²) in [5.74, 6) is 1.08. The number of rotatable bonds is 3. The van der Waals surface area contributed by atoms with Crippen molar-refractivity contribution in [2.75, 3.05) is 27.2 Å². The Morgan fingerprint density at radius 1 is 1.22 bits per heavy atom. The first-order chi connectivity index (χ1) is 8.65. The molecule has 3 atom stereocenters. The third-order valence-corrected chi connectivity index (χ3v) is 4.57. The van der Waals surface area contributed by atoms with Crippen LogP contribution < -0.4 is 0 Å². The van der Waals surface area contributed by atoms with Crippen molar-refractivity contribution in [2.45, 2.75) is 50.4 Å². The van der Waals surface area contributed by atoms with E-state index in [9.17, 15) is 4.79 Å². The summed E-state index contributed by atoms with van der Waals surface area (Å²) in [7, 11) is 3.62. The average Bonchev–Trinajstić information content (AvgIpc) is 3.08. The van der Waals surface area contributed by atoms with E-state index in [4.69, 9.17) is 4.74 Å². The second-order valence-electron chi connectivity index (χ2n) is 6.27. The molecule has 1 amide bonds. The predicted molar refractivity (Wildman–Crippen MR) is 69.3 cm³/mol. The number of nitrogens with zero attached hydrogens (tertiary/aromatic N) is 2. The van der Waals surface area contributed by atoms with Gasteiger partial charge in [0.05, 0.1) is 6.10 Å². The molecule has 0 bridgehead atoms. The number of carbonyl (C=O) groups is 1. The molecule has 0 radical (unpaired) electrons. The van der Waals surface area contributed by atoms with Crippen LogP contribution in [0.25, 0.3) is 0 Å². The van der Waals surface area contributed by atoms with Crippen molar-refractivity contribution in [3.63, 3.8) is 0 Å². The molecule has 18 heavy (non-hydrogen) atoms. The maximum Gasteiger partial charge on any atom is 0.251 e. The van der Waals surface area contributed by atoms with E-state index in [0.717, 1.165) is 31.7 Å². The molecule has 2 saturated heterocycles. The van der Waals surface area contributed by atoms with E-state index in [2.05, 4.69) is 4.90 Å². The van der Waals surface area contributed by atoms with Gasteiger partial charge in [0.15, 0.2) is 0 Å². The smallest absolute Gasteiger partial charge is 0.251 e. The minimum Gasteiger partial charge on any atom is -0.363 e. The van der Waals surface area contributed by atoms with Gasteiger partial charge < -0.3 is 9.64 Å². The van der Waals surface area contributed by atoms with Gasteiger partial charge in [-0.15, -0.1) is 0 Å². The quantitative estimate of drug-likeness (QED) is 0.754. The lowest BCUT2D eigenvalue weighted by molar-refractivity contribution is -0.152. The van der Waals surface area contributed by atoms with Crippen LogP contribution >= 0.6 is 0 Å². The van der Waals surface area contributed by atoms with E-state index in [1.165, 1.54) is 19.4 Å². The van der Waals surface area contributed by atoms with Crippen LogP contribution in [0.2, 0.25) is 0 Å². The van der Waals surface area contributed by atoms with E-state index in [0.29, 0.717) is 12.1 Å². The zero-order valence-electron chi connectivity index (χ0n) is 11.5. The summed E-state index contributed by atoms with van der Waals surface area (Å²) in [5, 5.41) is 0. The van der Waals surface area contributed by atoms with E-state index in [-0.39, 0.29) is 12.0 Å². The number of hydrogen-bond donors (Lipinski definition) is 0. The normalized spacial score (nSPS) is 36.4. The zero-order chi connectivity index (χ0) is 12.7.